The van der Waals surface area contributed by atoms with Crippen molar-refractivity contribution < 1.29 is 13.2 Å². The Labute approximate surface area is 207 Å². The van der Waals surface area contributed by atoms with Gasteiger partial charge in [-0.3, -0.25) is 4.79 Å². The van der Waals surface area contributed by atoms with Crippen LogP contribution >= 0.6 is 11.6 Å². The normalized spacial score (nSPS) is 12.0. The van der Waals surface area contributed by atoms with E-state index in [2.05, 4.69) is 20.6 Å². The number of hydrogen-bond acceptors (Lipinski definition) is 7. The van der Waals surface area contributed by atoms with Crippen molar-refractivity contribution in [3.63, 3.8) is 0 Å². The highest BCUT2D eigenvalue weighted by molar-refractivity contribution is 7.92. The van der Waals surface area contributed by atoms with Crippen LogP contribution in [0.25, 0.3) is 11.0 Å². The summed E-state index contributed by atoms with van der Waals surface area (Å²) in [5.41, 5.74) is 2.37. The summed E-state index contributed by atoms with van der Waals surface area (Å²) in [5, 5.41) is 14.7. The summed E-state index contributed by atoms with van der Waals surface area (Å²) >= 11 is 5.96. The highest BCUT2D eigenvalue weighted by Gasteiger charge is 2.33. The summed E-state index contributed by atoms with van der Waals surface area (Å²) in [6.07, 6.45) is 0. The van der Waals surface area contributed by atoms with Gasteiger partial charge in [-0.2, -0.15) is 5.26 Å². The molecule has 1 unspecified atom stereocenters. The molecule has 0 radical (unpaired) electrons. The number of nitriles is 1. The van der Waals surface area contributed by atoms with E-state index in [1.54, 1.807) is 36.4 Å². The molecule has 4 aromatic rings. The van der Waals surface area contributed by atoms with Crippen LogP contribution in [-0.4, -0.2) is 24.3 Å². The number of nitrogens with one attached hydrogen (secondary N) is 2. The lowest BCUT2D eigenvalue weighted by Crippen LogP contribution is -2.17. The van der Waals surface area contributed by atoms with Gasteiger partial charge >= 0.3 is 0 Å². The zero-order chi connectivity index (χ0) is 25.0. The second kappa shape index (κ2) is 10.1. The van der Waals surface area contributed by atoms with Crippen molar-refractivity contribution in [1.82, 2.24) is 9.97 Å². The minimum Gasteiger partial charge on any atom is -0.364 e. The smallest absolute Gasteiger partial charge is 0.221 e. The molecule has 0 saturated carbocycles. The lowest BCUT2D eigenvalue weighted by atomic mass is 10.2. The maximum absolute atomic E-state index is 13.5. The fourth-order valence-electron chi connectivity index (χ4n) is 3.46. The Morgan fingerprint density at radius 1 is 1.00 bits per heavy atom. The molecule has 0 spiro atoms. The second-order valence-corrected chi connectivity index (χ2v) is 10.2. The summed E-state index contributed by atoms with van der Waals surface area (Å²) in [5.74, 6) is -0.0815. The topological polar surface area (TPSA) is 125 Å². The largest absolute Gasteiger partial charge is 0.364 e. The van der Waals surface area contributed by atoms with Gasteiger partial charge in [-0.05, 0) is 54.1 Å². The molecule has 0 fully saturated rings. The molecule has 0 aliphatic rings. The molecule has 0 bridgehead atoms. The summed E-state index contributed by atoms with van der Waals surface area (Å²) in [6.45, 7) is 1.67. The molecule has 1 amide bonds. The van der Waals surface area contributed by atoms with E-state index in [4.69, 9.17) is 11.6 Å². The Bertz CT molecular complexity index is 1530. The molecule has 1 aromatic heterocycles. The van der Waals surface area contributed by atoms with Crippen molar-refractivity contribution in [1.29, 1.82) is 5.26 Å². The molecule has 0 saturated heterocycles. The highest BCUT2D eigenvalue weighted by Crippen LogP contribution is 2.33. The number of nitrogens with zero attached hydrogens (tertiary/aromatic N) is 3. The lowest BCUT2D eigenvalue weighted by molar-refractivity contribution is -0.114. The van der Waals surface area contributed by atoms with Gasteiger partial charge in [-0.1, -0.05) is 35.9 Å². The average molecular weight is 506 g/mol. The number of carbonyl (C=O) groups excluding carboxylic acids is 1. The summed E-state index contributed by atoms with van der Waals surface area (Å²) < 4.78 is 27.0. The van der Waals surface area contributed by atoms with Crippen LogP contribution in [0.4, 0.5) is 11.5 Å². The van der Waals surface area contributed by atoms with E-state index in [1.807, 2.05) is 18.2 Å². The Morgan fingerprint density at radius 2 is 1.63 bits per heavy atom. The molecule has 8 nitrogen and oxygen atoms in total. The summed E-state index contributed by atoms with van der Waals surface area (Å²) in [6, 6.07) is 21.7. The van der Waals surface area contributed by atoms with E-state index in [9.17, 15) is 18.5 Å². The molecule has 3 aromatic carbocycles. The molecule has 4 rings (SSSR count). The third-order valence-electron chi connectivity index (χ3n) is 5.15. The minimum absolute atomic E-state index is 0.00565. The number of fused-ring (bicyclic) bond motifs is 1. The number of halogens is 1. The van der Waals surface area contributed by atoms with Gasteiger partial charge in [0.1, 0.15) is 5.69 Å². The van der Waals surface area contributed by atoms with Gasteiger partial charge in [-0.15, -0.1) is 0 Å². The Morgan fingerprint density at radius 3 is 2.23 bits per heavy atom. The number of anilines is 2. The number of benzene rings is 3. The maximum atomic E-state index is 13.5. The summed E-state index contributed by atoms with van der Waals surface area (Å²) in [4.78, 5) is 20.3. The van der Waals surface area contributed by atoms with Gasteiger partial charge in [0, 0.05) is 24.2 Å². The minimum atomic E-state index is -4.16. The van der Waals surface area contributed by atoms with Gasteiger partial charge in [0.15, 0.2) is 11.1 Å². The van der Waals surface area contributed by atoms with Crippen molar-refractivity contribution in [3.8, 4) is 6.07 Å². The molecular weight excluding hydrogens is 486 g/mol. The third kappa shape index (κ3) is 5.40. The Kier molecular flexibility index (Phi) is 6.96. The van der Waals surface area contributed by atoms with Crippen LogP contribution in [0.2, 0.25) is 5.02 Å². The van der Waals surface area contributed by atoms with E-state index in [0.29, 0.717) is 28.3 Å². The fraction of sp³-hybridized carbons (Fsp3) is 0.120. The predicted molar refractivity (Wildman–Crippen MR) is 135 cm³/mol. The van der Waals surface area contributed by atoms with E-state index in [-0.39, 0.29) is 22.3 Å². The van der Waals surface area contributed by atoms with E-state index < -0.39 is 15.1 Å². The monoisotopic (exact) mass is 505 g/mol. The van der Waals surface area contributed by atoms with Crippen LogP contribution in [0.5, 0.6) is 0 Å². The van der Waals surface area contributed by atoms with E-state index in [1.165, 1.54) is 31.2 Å². The van der Waals surface area contributed by atoms with Crippen molar-refractivity contribution >= 4 is 49.9 Å². The van der Waals surface area contributed by atoms with Crippen LogP contribution in [0, 0.1) is 11.3 Å². The second-order valence-electron chi connectivity index (χ2n) is 7.69. The number of amides is 1. The van der Waals surface area contributed by atoms with Crippen LogP contribution in [0.1, 0.15) is 23.4 Å². The average Bonchev–Trinajstić information content (AvgIpc) is 2.84. The maximum Gasteiger partial charge on any atom is 0.221 e. The number of sulfone groups is 1. The Hall–Kier alpha value is -4.00. The molecule has 0 aliphatic carbocycles. The quantitative estimate of drug-likeness (QED) is 0.366. The third-order valence-corrected chi connectivity index (χ3v) is 7.28. The first kappa shape index (κ1) is 24.1. The van der Waals surface area contributed by atoms with Gasteiger partial charge in [0.05, 0.1) is 22.0 Å². The van der Waals surface area contributed by atoms with Gasteiger partial charge in [-0.25, -0.2) is 18.4 Å². The highest BCUT2D eigenvalue weighted by atomic mass is 35.5. The van der Waals surface area contributed by atoms with Crippen LogP contribution in [0.3, 0.4) is 0 Å². The molecule has 10 heteroatoms. The van der Waals surface area contributed by atoms with Gasteiger partial charge < -0.3 is 10.6 Å². The molecule has 176 valence electrons. The predicted octanol–water partition coefficient (Wildman–Crippen LogP) is 4.89. The molecular formula is C25H20ClN5O3S. The number of hydrogen-bond donors (Lipinski definition) is 2. The first-order valence-corrected chi connectivity index (χ1v) is 12.5. The van der Waals surface area contributed by atoms with Crippen molar-refractivity contribution in [3.05, 3.63) is 89.1 Å². The molecule has 1 atom stereocenters. The van der Waals surface area contributed by atoms with Gasteiger partial charge in [0.2, 0.25) is 15.7 Å². The van der Waals surface area contributed by atoms with Crippen LogP contribution in [0.15, 0.2) is 77.7 Å². The summed E-state index contributed by atoms with van der Waals surface area (Å²) in [7, 11) is -4.16. The number of aromatic nitrogens is 2. The van der Waals surface area contributed by atoms with Crippen molar-refractivity contribution in [2.24, 2.45) is 0 Å². The van der Waals surface area contributed by atoms with Crippen molar-refractivity contribution in [2.75, 3.05) is 10.6 Å². The van der Waals surface area contributed by atoms with Gasteiger partial charge in [0.25, 0.3) is 0 Å². The SMILES string of the molecule is CC(=O)Nc1ccc(S(=O)(=O)C(C#N)c2nc3ccccc3nc2NCc2ccc(Cl)cc2)cc1. The van der Waals surface area contributed by atoms with Crippen molar-refractivity contribution in [2.45, 2.75) is 23.6 Å². The zero-order valence-corrected chi connectivity index (χ0v) is 20.1. The Balaban J connectivity index is 1.74. The van der Waals surface area contributed by atoms with E-state index >= 15 is 0 Å². The number of para-hydroxylation sites is 2. The van der Waals surface area contributed by atoms with E-state index in [0.717, 1.165) is 5.56 Å². The first-order chi connectivity index (χ1) is 16.8. The molecule has 2 N–H and O–H groups in total. The number of rotatable bonds is 7. The number of carbonyl (C=O) groups is 1. The first-order valence-electron chi connectivity index (χ1n) is 10.5. The zero-order valence-electron chi connectivity index (χ0n) is 18.6. The molecule has 0 aliphatic heterocycles. The standard InChI is InChI=1S/C25H20ClN5O3S/c1-16(32)29-19-10-12-20(13-11-19)35(33,34)23(14-27)24-25(28-15-17-6-8-18(26)9-7-17)31-22-5-3-2-4-21(22)30-24/h2-13,23H,15H2,1H3,(H,28,31)(H,29,32). The van der Waals surface area contributed by atoms with Crippen LogP contribution < -0.4 is 10.6 Å². The van der Waals surface area contributed by atoms with Crippen LogP contribution in [-0.2, 0) is 21.2 Å². The lowest BCUT2D eigenvalue weighted by Gasteiger charge is -2.16. The molecule has 35 heavy (non-hydrogen) atoms. The fourth-order valence-corrected chi connectivity index (χ4v) is 4.97. The molecule has 1 heterocycles.